The van der Waals surface area contributed by atoms with E-state index in [0.29, 0.717) is 6.10 Å². The molecule has 1 aromatic carbocycles. The average molecular weight is 249 g/mol. The highest BCUT2D eigenvalue weighted by atomic mass is 16.5. The molecule has 18 heavy (non-hydrogen) atoms. The maximum Gasteiger partial charge on any atom is 0.0696 e. The molecule has 1 aromatic rings. The van der Waals surface area contributed by atoms with Crippen LogP contribution in [0.25, 0.3) is 0 Å². The monoisotopic (exact) mass is 249 g/mol. The molecular formula is C16H27NO. The standard InChI is InChI=1S/C16H27NO/c1-3-12-17-14-16(4-2)18-13-8-11-15-9-6-5-7-10-15/h5-7,9-10,16-17H,3-4,8,11-14H2,1-2H3. The van der Waals surface area contributed by atoms with Crippen LogP contribution in [0.4, 0.5) is 0 Å². The maximum absolute atomic E-state index is 5.90. The van der Waals surface area contributed by atoms with Gasteiger partial charge in [-0.3, -0.25) is 0 Å². The van der Waals surface area contributed by atoms with E-state index in [1.165, 1.54) is 12.0 Å². The molecule has 102 valence electrons. The summed E-state index contributed by atoms with van der Waals surface area (Å²) in [6.07, 6.45) is 4.85. The molecule has 0 saturated carbocycles. The first-order chi connectivity index (χ1) is 8.86. The molecule has 0 bridgehead atoms. The van der Waals surface area contributed by atoms with Crippen molar-refractivity contribution in [1.29, 1.82) is 0 Å². The Kier molecular flexibility index (Phi) is 8.53. The molecule has 0 aliphatic heterocycles. The van der Waals surface area contributed by atoms with Gasteiger partial charge in [-0.2, -0.15) is 0 Å². The molecule has 0 aliphatic carbocycles. The predicted octanol–water partition coefficient (Wildman–Crippen LogP) is 3.41. The summed E-state index contributed by atoms with van der Waals surface area (Å²) in [6, 6.07) is 10.6. The lowest BCUT2D eigenvalue weighted by molar-refractivity contribution is 0.0495. The Morgan fingerprint density at radius 1 is 1.17 bits per heavy atom. The van der Waals surface area contributed by atoms with Crippen LogP contribution in [0.15, 0.2) is 30.3 Å². The van der Waals surface area contributed by atoms with Crippen LogP contribution in [0, 0.1) is 0 Å². The molecular weight excluding hydrogens is 222 g/mol. The van der Waals surface area contributed by atoms with Gasteiger partial charge in [0.2, 0.25) is 0 Å². The molecule has 1 unspecified atom stereocenters. The lowest BCUT2D eigenvalue weighted by Crippen LogP contribution is -2.29. The second-order valence-electron chi connectivity index (χ2n) is 4.69. The maximum atomic E-state index is 5.90. The van der Waals surface area contributed by atoms with Gasteiger partial charge in [-0.15, -0.1) is 0 Å². The van der Waals surface area contributed by atoms with E-state index in [-0.39, 0.29) is 0 Å². The van der Waals surface area contributed by atoms with Gasteiger partial charge in [-0.05, 0) is 37.8 Å². The van der Waals surface area contributed by atoms with Gasteiger partial charge in [0.15, 0.2) is 0 Å². The molecule has 0 fully saturated rings. The summed E-state index contributed by atoms with van der Waals surface area (Å²) in [4.78, 5) is 0. The Labute approximate surface area is 112 Å². The number of rotatable bonds is 10. The van der Waals surface area contributed by atoms with Crippen LogP contribution < -0.4 is 5.32 Å². The Morgan fingerprint density at radius 2 is 1.94 bits per heavy atom. The second-order valence-corrected chi connectivity index (χ2v) is 4.69. The summed E-state index contributed by atoms with van der Waals surface area (Å²) in [5.41, 5.74) is 1.40. The fourth-order valence-corrected chi connectivity index (χ4v) is 1.93. The van der Waals surface area contributed by atoms with Gasteiger partial charge in [0.05, 0.1) is 6.10 Å². The first-order valence-corrected chi connectivity index (χ1v) is 7.23. The van der Waals surface area contributed by atoms with Gasteiger partial charge in [-0.25, -0.2) is 0 Å². The Bertz CT molecular complexity index is 286. The van der Waals surface area contributed by atoms with Crippen LogP contribution >= 0.6 is 0 Å². The second kappa shape index (κ2) is 10.1. The minimum Gasteiger partial charge on any atom is -0.377 e. The highest BCUT2D eigenvalue weighted by Gasteiger charge is 2.05. The molecule has 0 aromatic heterocycles. The van der Waals surface area contributed by atoms with Crippen molar-refractivity contribution in [1.82, 2.24) is 5.32 Å². The summed E-state index contributed by atoms with van der Waals surface area (Å²) in [5, 5.41) is 3.42. The van der Waals surface area contributed by atoms with Crippen LogP contribution in [0.5, 0.6) is 0 Å². The molecule has 0 radical (unpaired) electrons. The zero-order chi connectivity index (χ0) is 13.1. The molecule has 0 amide bonds. The number of benzene rings is 1. The third kappa shape index (κ3) is 6.77. The Morgan fingerprint density at radius 3 is 2.61 bits per heavy atom. The summed E-state index contributed by atoms with van der Waals surface area (Å²) in [5.74, 6) is 0. The molecule has 1 rings (SSSR count). The van der Waals surface area contributed by atoms with Crippen molar-refractivity contribution in [2.75, 3.05) is 19.7 Å². The van der Waals surface area contributed by atoms with E-state index < -0.39 is 0 Å². The zero-order valence-electron chi connectivity index (χ0n) is 11.8. The first-order valence-electron chi connectivity index (χ1n) is 7.23. The minimum atomic E-state index is 0.368. The molecule has 0 spiro atoms. The normalized spacial score (nSPS) is 12.6. The number of ether oxygens (including phenoxy) is 1. The fourth-order valence-electron chi connectivity index (χ4n) is 1.93. The average Bonchev–Trinajstić information content (AvgIpc) is 2.43. The largest absolute Gasteiger partial charge is 0.377 e. The van der Waals surface area contributed by atoms with Gasteiger partial charge in [0.1, 0.15) is 0 Å². The minimum absolute atomic E-state index is 0.368. The van der Waals surface area contributed by atoms with Gasteiger partial charge < -0.3 is 10.1 Å². The Hall–Kier alpha value is -0.860. The van der Waals surface area contributed by atoms with Crippen LogP contribution in [-0.4, -0.2) is 25.8 Å². The van der Waals surface area contributed by atoms with Gasteiger partial charge >= 0.3 is 0 Å². The lowest BCUT2D eigenvalue weighted by atomic mass is 10.1. The summed E-state index contributed by atoms with van der Waals surface area (Å²) < 4.78 is 5.90. The predicted molar refractivity (Wildman–Crippen MR) is 78.0 cm³/mol. The van der Waals surface area contributed by atoms with Crippen molar-refractivity contribution in [3.05, 3.63) is 35.9 Å². The van der Waals surface area contributed by atoms with E-state index in [0.717, 1.165) is 39.0 Å². The summed E-state index contributed by atoms with van der Waals surface area (Å²) in [7, 11) is 0. The third-order valence-corrected chi connectivity index (χ3v) is 3.06. The molecule has 2 nitrogen and oxygen atoms in total. The third-order valence-electron chi connectivity index (χ3n) is 3.06. The van der Waals surface area contributed by atoms with E-state index >= 15 is 0 Å². The van der Waals surface area contributed by atoms with E-state index in [1.807, 2.05) is 0 Å². The molecule has 2 heteroatoms. The van der Waals surface area contributed by atoms with Gasteiger partial charge in [0, 0.05) is 13.2 Å². The van der Waals surface area contributed by atoms with Crippen LogP contribution in [-0.2, 0) is 11.2 Å². The SMILES string of the molecule is CCCNCC(CC)OCCCc1ccccc1. The number of hydrogen-bond donors (Lipinski definition) is 1. The zero-order valence-corrected chi connectivity index (χ0v) is 11.8. The van der Waals surface area contributed by atoms with Crippen molar-refractivity contribution >= 4 is 0 Å². The molecule has 0 heterocycles. The van der Waals surface area contributed by atoms with E-state index in [2.05, 4.69) is 49.5 Å². The quantitative estimate of drug-likeness (QED) is 0.642. The van der Waals surface area contributed by atoms with Crippen LogP contribution in [0.2, 0.25) is 0 Å². The van der Waals surface area contributed by atoms with Crippen molar-refractivity contribution in [2.24, 2.45) is 0 Å². The van der Waals surface area contributed by atoms with Crippen molar-refractivity contribution in [3.8, 4) is 0 Å². The number of aryl methyl sites for hydroxylation is 1. The van der Waals surface area contributed by atoms with Crippen molar-refractivity contribution in [2.45, 2.75) is 45.6 Å². The molecule has 0 saturated heterocycles. The number of hydrogen-bond acceptors (Lipinski definition) is 2. The molecule has 1 atom stereocenters. The fraction of sp³-hybridized carbons (Fsp3) is 0.625. The Balaban J connectivity index is 2.08. The van der Waals surface area contributed by atoms with Gasteiger partial charge in [0.25, 0.3) is 0 Å². The van der Waals surface area contributed by atoms with Crippen LogP contribution in [0.1, 0.15) is 38.7 Å². The highest BCUT2D eigenvalue weighted by molar-refractivity contribution is 5.14. The summed E-state index contributed by atoms with van der Waals surface area (Å²) >= 11 is 0. The number of nitrogens with one attached hydrogen (secondary N) is 1. The highest BCUT2D eigenvalue weighted by Crippen LogP contribution is 2.04. The molecule has 1 N–H and O–H groups in total. The molecule has 0 aliphatic rings. The van der Waals surface area contributed by atoms with Crippen molar-refractivity contribution in [3.63, 3.8) is 0 Å². The first kappa shape index (κ1) is 15.2. The van der Waals surface area contributed by atoms with E-state index in [1.54, 1.807) is 0 Å². The van der Waals surface area contributed by atoms with E-state index in [9.17, 15) is 0 Å². The van der Waals surface area contributed by atoms with Gasteiger partial charge in [-0.1, -0.05) is 44.2 Å². The summed E-state index contributed by atoms with van der Waals surface area (Å²) in [6.45, 7) is 7.31. The van der Waals surface area contributed by atoms with Crippen LogP contribution in [0.3, 0.4) is 0 Å². The van der Waals surface area contributed by atoms with Crippen molar-refractivity contribution < 1.29 is 4.74 Å². The smallest absolute Gasteiger partial charge is 0.0696 e. The lowest BCUT2D eigenvalue weighted by Gasteiger charge is -2.16. The topological polar surface area (TPSA) is 21.3 Å². The van der Waals surface area contributed by atoms with E-state index in [4.69, 9.17) is 4.74 Å².